The maximum Gasteiger partial charge on any atom is 0.0757 e. The van der Waals surface area contributed by atoms with Crippen LogP contribution in [0.25, 0.3) is 0 Å². The summed E-state index contributed by atoms with van der Waals surface area (Å²) in [5.74, 6) is 0. The summed E-state index contributed by atoms with van der Waals surface area (Å²) in [5.41, 5.74) is 1.37. The monoisotopic (exact) mass is 126 g/mol. The molecule has 52 valence electrons. The second kappa shape index (κ2) is 2.53. The molecular formula is C8H14O. The second-order valence-corrected chi connectivity index (χ2v) is 2.77. The lowest BCUT2D eigenvalue weighted by molar-refractivity contribution is 0.0202. The number of rotatable bonds is 0. The van der Waals surface area contributed by atoms with Gasteiger partial charge in [-0.1, -0.05) is 6.08 Å². The van der Waals surface area contributed by atoms with Gasteiger partial charge in [-0.25, -0.2) is 0 Å². The third-order valence-electron chi connectivity index (χ3n) is 1.85. The number of hydrogen-bond acceptors (Lipinski definition) is 1. The van der Waals surface area contributed by atoms with Crippen LogP contribution < -0.4 is 0 Å². The zero-order chi connectivity index (χ0) is 6.85. The zero-order valence-electron chi connectivity index (χ0n) is 6.35. The molecule has 9 heavy (non-hydrogen) atoms. The highest BCUT2D eigenvalue weighted by molar-refractivity contribution is 5.07. The van der Waals surface area contributed by atoms with Crippen LogP contribution in [-0.4, -0.2) is 12.2 Å². The molecule has 1 heteroatoms. The Bertz CT molecular complexity index is 127. The van der Waals surface area contributed by atoms with E-state index in [0.29, 0.717) is 12.2 Å². The molecule has 1 heterocycles. The van der Waals surface area contributed by atoms with Crippen LogP contribution in [0.4, 0.5) is 0 Å². The summed E-state index contributed by atoms with van der Waals surface area (Å²) in [4.78, 5) is 0. The summed E-state index contributed by atoms with van der Waals surface area (Å²) < 4.78 is 5.53. The van der Waals surface area contributed by atoms with Gasteiger partial charge in [0.25, 0.3) is 0 Å². The zero-order valence-corrected chi connectivity index (χ0v) is 6.35. The van der Waals surface area contributed by atoms with E-state index in [1.54, 1.807) is 0 Å². The normalized spacial score (nSPS) is 36.1. The summed E-state index contributed by atoms with van der Waals surface area (Å²) in [6.45, 7) is 6.33. The molecular weight excluding hydrogens is 112 g/mol. The average molecular weight is 126 g/mol. The summed E-state index contributed by atoms with van der Waals surface area (Å²) in [7, 11) is 0. The Balaban J connectivity index is 2.56. The maximum atomic E-state index is 5.53. The first-order valence-corrected chi connectivity index (χ1v) is 3.52. The van der Waals surface area contributed by atoms with Crippen LogP contribution in [-0.2, 0) is 4.74 Å². The first-order chi connectivity index (χ1) is 4.20. The molecule has 0 fully saturated rings. The topological polar surface area (TPSA) is 9.23 Å². The van der Waals surface area contributed by atoms with Gasteiger partial charge in [0.15, 0.2) is 0 Å². The molecule has 0 aromatic heterocycles. The Morgan fingerprint density at radius 2 is 2.22 bits per heavy atom. The summed E-state index contributed by atoms with van der Waals surface area (Å²) in [6, 6.07) is 0. The van der Waals surface area contributed by atoms with Crippen molar-refractivity contribution in [3.8, 4) is 0 Å². The molecule has 0 aromatic rings. The van der Waals surface area contributed by atoms with Gasteiger partial charge >= 0.3 is 0 Å². The molecule has 0 amide bonds. The molecule has 2 atom stereocenters. The van der Waals surface area contributed by atoms with E-state index in [4.69, 9.17) is 4.74 Å². The lowest BCUT2D eigenvalue weighted by Crippen LogP contribution is -2.21. The van der Waals surface area contributed by atoms with Gasteiger partial charge in [-0.2, -0.15) is 0 Å². The van der Waals surface area contributed by atoms with Gasteiger partial charge in [-0.05, 0) is 32.8 Å². The van der Waals surface area contributed by atoms with Crippen molar-refractivity contribution < 1.29 is 4.74 Å². The molecule has 1 rings (SSSR count). The molecule has 0 saturated heterocycles. The molecule has 0 radical (unpaired) electrons. The third-order valence-corrected chi connectivity index (χ3v) is 1.85. The van der Waals surface area contributed by atoms with Gasteiger partial charge in [0.1, 0.15) is 0 Å². The van der Waals surface area contributed by atoms with Crippen LogP contribution in [0.2, 0.25) is 0 Å². The Hall–Kier alpha value is -0.300. The van der Waals surface area contributed by atoms with Crippen LogP contribution in [0.1, 0.15) is 27.2 Å². The van der Waals surface area contributed by atoms with E-state index in [1.807, 2.05) is 0 Å². The average Bonchev–Trinajstić information content (AvgIpc) is 1.80. The molecule has 0 aliphatic carbocycles. The van der Waals surface area contributed by atoms with Gasteiger partial charge in [0.2, 0.25) is 0 Å². The molecule has 1 nitrogen and oxygen atoms in total. The first kappa shape index (κ1) is 6.81. The summed E-state index contributed by atoms with van der Waals surface area (Å²) in [5, 5.41) is 0. The molecule has 0 aromatic carbocycles. The molecule has 2 unspecified atom stereocenters. The van der Waals surface area contributed by atoms with Crippen LogP contribution in [0, 0.1) is 0 Å². The van der Waals surface area contributed by atoms with Crippen molar-refractivity contribution in [2.75, 3.05) is 0 Å². The van der Waals surface area contributed by atoms with E-state index < -0.39 is 0 Å². The highest BCUT2D eigenvalue weighted by Crippen LogP contribution is 2.17. The highest BCUT2D eigenvalue weighted by atomic mass is 16.5. The number of ether oxygens (including phenoxy) is 1. The molecule has 0 saturated carbocycles. The van der Waals surface area contributed by atoms with Crippen LogP contribution >= 0.6 is 0 Å². The van der Waals surface area contributed by atoms with E-state index in [0.717, 1.165) is 6.42 Å². The molecule has 0 bridgehead atoms. The fraction of sp³-hybridized carbons (Fsp3) is 0.750. The van der Waals surface area contributed by atoms with Gasteiger partial charge in [-0.15, -0.1) is 0 Å². The first-order valence-electron chi connectivity index (χ1n) is 3.52. The minimum absolute atomic E-state index is 0.341. The summed E-state index contributed by atoms with van der Waals surface area (Å²) >= 11 is 0. The molecule has 1 aliphatic rings. The second-order valence-electron chi connectivity index (χ2n) is 2.77. The fourth-order valence-electron chi connectivity index (χ4n) is 1.03. The largest absolute Gasteiger partial charge is 0.371 e. The van der Waals surface area contributed by atoms with Gasteiger partial charge in [0, 0.05) is 0 Å². The molecule has 1 aliphatic heterocycles. The van der Waals surface area contributed by atoms with Crippen molar-refractivity contribution in [3.63, 3.8) is 0 Å². The quantitative estimate of drug-likeness (QED) is 0.452. The lowest BCUT2D eigenvalue weighted by Gasteiger charge is -2.23. The van der Waals surface area contributed by atoms with Crippen LogP contribution in [0.15, 0.2) is 11.6 Å². The van der Waals surface area contributed by atoms with Crippen molar-refractivity contribution in [2.45, 2.75) is 39.4 Å². The fourth-order valence-corrected chi connectivity index (χ4v) is 1.03. The SMILES string of the molecule is CC1=CCC(C)OC1C. The Kier molecular flexibility index (Phi) is 1.91. The van der Waals surface area contributed by atoms with Crippen LogP contribution in [0.3, 0.4) is 0 Å². The summed E-state index contributed by atoms with van der Waals surface area (Å²) in [6.07, 6.45) is 4.10. The van der Waals surface area contributed by atoms with Gasteiger partial charge in [-0.3, -0.25) is 0 Å². The Morgan fingerprint density at radius 1 is 1.56 bits per heavy atom. The van der Waals surface area contributed by atoms with E-state index in [9.17, 15) is 0 Å². The van der Waals surface area contributed by atoms with E-state index in [2.05, 4.69) is 26.8 Å². The van der Waals surface area contributed by atoms with E-state index in [1.165, 1.54) is 5.57 Å². The molecule has 0 spiro atoms. The lowest BCUT2D eigenvalue weighted by atomic mass is 10.1. The maximum absolute atomic E-state index is 5.53. The smallest absolute Gasteiger partial charge is 0.0757 e. The van der Waals surface area contributed by atoms with Crippen LogP contribution in [0.5, 0.6) is 0 Å². The Labute approximate surface area is 56.7 Å². The van der Waals surface area contributed by atoms with Gasteiger partial charge < -0.3 is 4.74 Å². The van der Waals surface area contributed by atoms with Gasteiger partial charge in [0.05, 0.1) is 12.2 Å². The predicted octanol–water partition coefficient (Wildman–Crippen LogP) is 2.13. The minimum Gasteiger partial charge on any atom is -0.371 e. The van der Waals surface area contributed by atoms with Crippen molar-refractivity contribution in [3.05, 3.63) is 11.6 Å². The van der Waals surface area contributed by atoms with Crippen molar-refractivity contribution >= 4 is 0 Å². The number of hydrogen-bond donors (Lipinski definition) is 0. The van der Waals surface area contributed by atoms with Crippen molar-refractivity contribution in [1.29, 1.82) is 0 Å². The van der Waals surface area contributed by atoms with E-state index in [-0.39, 0.29) is 0 Å². The minimum atomic E-state index is 0.341. The van der Waals surface area contributed by atoms with Crippen molar-refractivity contribution in [1.82, 2.24) is 0 Å². The standard InChI is InChI=1S/C8H14O/c1-6-4-5-7(2)9-8(6)3/h4,7-8H,5H2,1-3H3. The predicted molar refractivity (Wildman–Crippen MR) is 38.4 cm³/mol. The van der Waals surface area contributed by atoms with Crippen molar-refractivity contribution in [2.24, 2.45) is 0 Å². The third kappa shape index (κ3) is 1.55. The highest BCUT2D eigenvalue weighted by Gasteiger charge is 2.13. The van der Waals surface area contributed by atoms with E-state index >= 15 is 0 Å². The Morgan fingerprint density at radius 3 is 2.67 bits per heavy atom. The molecule has 0 N–H and O–H groups in total.